The van der Waals surface area contributed by atoms with Crippen LogP contribution in [-0.2, 0) is 4.79 Å². The van der Waals surface area contributed by atoms with Crippen molar-refractivity contribution in [2.24, 2.45) is 5.73 Å². The van der Waals surface area contributed by atoms with E-state index in [9.17, 15) is 4.79 Å². The van der Waals surface area contributed by atoms with Gasteiger partial charge in [0.2, 0.25) is 5.91 Å². The second kappa shape index (κ2) is 8.32. The Morgan fingerprint density at radius 2 is 2.11 bits per heavy atom. The second-order valence-electron chi connectivity index (χ2n) is 4.34. The van der Waals surface area contributed by atoms with Crippen molar-refractivity contribution < 1.29 is 9.53 Å². The highest BCUT2D eigenvalue weighted by Crippen LogP contribution is 2.12. The van der Waals surface area contributed by atoms with Crippen molar-refractivity contribution in [1.82, 2.24) is 5.32 Å². The van der Waals surface area contributed by atoms with Gasteiger partial charge in [-0.2, -0.15) is 0 Å². The minimum atomic E-state index is -0.111. The SMILES string of the molecule is CCCC(CN)NC(=O)C=Cc1ccc(OC)cc1. The van der Waals surface area contributed by atoms with Gasteiger partial charge in [-0.3, -0.25) is 4.79 Å². The third-order valence-corrected chi connectivity index (χ3v) is 2.81. The van der Waals surface area contributed by atoms with Crippen LogP contribution < -0.4 is 15.8 Å². The molecule has 1 aromatic rings. The Balaban J connectivity index is 2.52. The monoisotopic (exact) mass is 262 g/mol. The molecule has 0 aliphatic heterocycles. The molecule has 1 unspecified atom stereocenters. The molecule has 0 heterocycles. The highest BCUT2D eigenvalue weighted by Gasteiger charge is 2.06. The fourth-order valence-corrected chi connectivity index (χ4v) is 1.73. The molecule has 0 aliphatic carbocycles. The maximum Gasteiger partial charge on any atom is 0.244 e. The van der Waals surface area contributed by atoms with E-state index in [2.05, 4.69) is 12.2 Å². The summed E-state index contributed by atoms with van der Waals surface area (Å²) in [5, 5.41) is 2.88. The smallest absolute Gasteiger partial charge is 0.244 e. The summed E-state index contributed by atoms with van der Waals surface area (Å²) in [7, 11) is 1.62. The minimum absolute atomic E-state index is 0.0537. The summed E-state index contributed by atoms with van der Waals surface area (Å²) in [5.74, 6) is 0.687. The van der Waals surface area contributed by atoms with Gasteiger partial charge in [-0.25, -0.2) is 0 Å². The topological polar surface area (TPSA) is 64.3 Å². The zero-order chi connectivity index (χ0) is 14.1. The molecule has 1 rings (SSSR count). The van der Waals surface area contributed by atoms with Gasteiger partial charge in [0.05, 0.1) is 7.11 Å². The second-order valence-corrected chi connectivity index (χ2v) is 4.34. The van der Waals surface area contributed by atoms with Crippen LogP contribution >= 0.6 is 0 Å². The van der Waals surface area contributed by atoms with Crippen molar-refractivity contribution in [3.05, 3.63) is 35.9 Å². The first-order valence-corrected chi connectivity index (χ1v) is 6.52. The lowest BCUT2D eigenvalue weighted by Gasteiger charge is -2.14. The lowest BCUT2D eigenvalue weighted by molar-refractivity contribution is -0.117. The number of rotatable bonds is 7. The van der Waals surface area contributed by atoms with Crippen LogP contribution in [0.5, 0.6) is 5.75 Å². The van der Waals surface area contributed by atoms with E-state index < -0.39 is 0 Å². The molecule has 19 heavy (non-hydrogen) atoms. The number of hydrogen-bond donors (Lipinski definition) is 2. The largest absolute Gasteiger partial charge is 0.497 e. The molecule has 0 fully saturated rings. The lowest BCUT2D eigenvalue weighted by atomic mass is 10.1. The molecule has 104 valence electrons. The van der Waals surface area contributed by atoms with Crippen LogP contribution in [0.4, 0.5) is 0 Å². The van der Waals surface area contributed by atoms with E-state index in [0.717, 1.165) is 24.2 Å². The number of ether oxygens (including phenoxy) is 1. The van der Waals surface area contributed by atoms with Crippen molar-refractivity contribution in [3.63, 3.8) is 0 Å². The van der Waals surface area contributed by atoms with Gasteiger partial charge in [0.25, 0.3) is 0 Å². The first kappa shape index (κ1) is 15.2. The molecule has 3 N–H and O–H groups in total. The van der Waals surface area contributed by atoms with Crippen molar-refractivity contribution >= 4 is 12.0 Å². The number of carbonyl (C=O) groups is 1. The number of nitrogens with two attached hydrogens (primary N) is 1. The van der Waals surface area contributed by atoms with Crippen LogP contribution in [0.3, 0.4) is 0 Å². The van der Waals surface area contributed by atoms with Crippen LogP contribution in [0.25, 0.3) is 6.08 Å². The molecule has 1 amide bonds. The van der Waals surface area contributed by atoms with E-state index in [-0.39, 0.29) is 11.9 Å². The molecular formula is C15H22N2O2. The molecule has 0 saturated heterocycles. The third kappa shape index (κ3) is 5.57. The number of benzene rings is 1. The Hall–Kier alpha value is -1.81. The molecule has 1 aromatic carbocycles. The summed E-state index contributed by atoms with van der Waals surface area (Å²) in [4.78, 5) is 11.7. The molecule has 1 atom stereocenters. The van der Waals surface area contributed by atoms with E-state index in [1.165, 1.54) is 6.08 Å². The Morgan fingerprint density at radius 1 is 1.42 bits per heavy atom. The van der Waals surface area contributed by atoms with Gasteiger partial charge < -0.3 is 15.8 Å². The van der Waals surface area contributed by atoms with Crippen LogP contribution in [0.1, 0.15) is 25.3 Å². The Bertz CT molecular complexity index is 413. The zero-order valence-electron chi connectivity index (χ0n) is 11.6. The van der Waals surface area contributed by atoms with Gasteiger partial charge in [0.1, 0.15) is 5.75 Å². The molecule has 0 bridgehead atoms. The van der Waals surface area contributed by atoms with Crippen molar-refractivity contribution in [3.8, 4) is 5.75 Å². The quantitative estimate of drug-likeness (QED) is 0.738. The molecule has 0 spiro atoms. The van der Waals surface area contributed by atoms with Gasteiger partial charge in [0.15, 0.2) is 0 Å². The normalized spacial score (nSPS) is 12.4. The maximum absolute atomic E-state index is 11.7. The maximum atomic E-state index is 11.7. The summed E-state index contributed by atoms with van der Waals surface area (Å²) in [6.07, 6.45) is 5.21. The first-order valence-electron chi connectivity index (χ1n) is 6.52. The highest BCUT2D eigenvalue weighted by atomic mass is 16.5. The van der Waals surface area contributed by atoms with Gasteiger partial charge in [-0.05, 0) is 30.2 Å². The molecule has 0 saturated carbocycles. The van der Waals surface area contributed by atoms with Crippen LogP contribution in [0.2, 0.25) is 0 Å². The molecule has 4 nitrogen and oxygen atoms in total. The highest BCUT2D eigenvalue weighted by molar-refractivity contribution is 5.91. The average molecular weight is 262 g/mol. The molecule has 0 aromatic heterocycles. The summed E-state index contributed by atoms with van der Waals surface area (Å²) < 4.78 is 5.07. The number of methoxy groups -OCH3 is 1. The van der Waals surface area contributed by atoms with E-state index >= 15 is 0 Å². The first-order chi connectivity index (χ1) is 9.19. The predicted octanol–water partition coefficient (Wildman–Crippen LogP) is 1.95. The summed E-state index contributed by atoms with van der Waals surface area (Å²) >= 11 is 0. The zero-order valence-corrected chi connectivity index (χ0v) is 11.6. The predicted molar refractivity (Wildman–Crippen MR) is 77.9 cm³/mol. The van der Waals surface area contributed by atoms with Crippen molar-refractivity contribution in [2.45, 2.75) is 25.8 Å². The number of carbonyl (C=O) groups excluding carboxylic acids is 1. The number of amides is 1. The van der Waals surface area contributed by atoms with Crippen LogP contribution in [0, 0.1) is 0 Å². The third-order valence-electron chi connectivity index (χ3n) is 2.81. The Labute approximate surface area is 114 Å². The van der Waals surface area contributed by atoms with Gasteiger partial charge >= 0.3 is 0 Å². The van der Waals surface area contributed by atoms with Crippen molar-refractivity contribution in [2.75, 3.05) is 13.7 Å². The average Bonchev–Trinajstić information content (AvgIpc) is 2.45. The van der Waals surface area contributed by atoms with Crippen LogP contribution in [-0.4, -0.2) is 25.6 Å². The summed E-state index contributed by atoms with van der Waals surface area (Å²) in [6, 6.07) is 7.57. The van der Waals surface area contributed by atoms with Gasteiger partial charge in [-0.1, -0.05) is 25.5 Å². The fraction of sp³-hybridized carbons (Fsp3) is 0.400. The molecule has 0 aliphatic rings. The standard InChI is InChI=1S/C15H22N2O2/c1-3-4-13(11-16)17-15(18)10-7-12-5-8-14(19-2)9-6-12/h5-10,13H,3-4,11,16H2,1-2H3,(H,17,18). The molecular weight excluding hydrogens is 240 g/mol. The van der Waals surface area contributed by atoms with E-state index in [1.54, 1.807) is 13.2 Å². The number of hydrogen-bond acceptors (Lipinski definition) is 3. The van der Waals surface area contributed by atoms with Crippen molar-refractivity contribution in [1.29, 1.82) is 0 Å². The van der Waals surface area contributed by atoms with Gasteiger partial charge in [-0.15, -0.1) is 0 Å². The van der Waals surface area contributed by atoms with Gasteiger partial charge in [0, 0.05) is 18.7 Å². The van der Waals surface area contributed by atoms with E-state index in [0.29, 0.717) is 6.54 Å². The number of nitrogens with one attached hydrogen (secondary N) is 1. The molecule has 4 heteroatoms. The molecule has 0 radical (unpaired) electrons. The van der Waals surface area contributed by atoms with E-state index in [1.807, 2.05) is 24.3 Å². The summed E-state index contributed by atoms with van der Waals surface area (Å²) in [5.41, 5.74) is 6.55. The fourth-order valence-electron chi connectivity index (χ4n) is 1.73. The lowest BCUT2D eigenvalue weighted by Crippen LogP contribution is -2.39. The Kier molecular flexibility index (Phi) is 6.68. The van der Waals surface area contributed by atoms with Crippen LogP contribution in [0.15, 0.2) is 30.3 Å². The summed E-state index contributed by atoms with van der Waals surface area (Å²) in [6.45, 7) is 2.54. The Morgan fingerprint density at radius 3 is 2.63 bits per heavy atom. The van der Waals surface area contributed by atoms with E-state index in [4.69, 9.17) is 10.5 Å². The minimum Gasteiger partial charge on any atom is -0.497 e.